The lowest BCUT2D eigenvalue weighted by Gasteiger charge is -2.20. The van der Waals surface area contributed by atoms with E-state index in [1.165, 1.54) is 12.1 Å². The van der Waals surface area contributed by atoms with Gasteiger partial charge >= 0.3 is 0 Å². The van der Waals surface area contributed by atoms with Gasteiger partial charge in [-0.1, -0.05) is 24.3 Å². The second-order valence-corrected chi connectivity index (χ2v) is 8.71. The fourth-order valence-corrected chi connectivity index (χ4v) is 4.68. The van der Waals surface area contributed by atoms with Crippen molar-refractivity contribution in [2.24, 2.45) is 0 Å². The van der Waals surface area contributed by atoms with Gasteiger partial charge in [0.25, 0.3) is 0 Å². The van der Waals surface area contributed by atoms with Crippen molar-refractivity contribution in [3.8, 4) is 11.8 Å². The van der Waals surface area contributed by atoms with E-state index < -0.39 is 5.82 Å². The van der Waals surface area contributed by atoms with E-state index in [-0.39, 0.29) is 29.3 Å². The number of hydrogen-bond donors (Lipinski definition) is 2. The SMILES string of the molecule is C[C@H](c1ccc(C#N)c(F)c1)n1cncc1CNC1CCN(c2cccc3ccc(O)cc23)C1=O. The third-order valence-corrected chi connectivity index (χ3v) is 6.63. The first kappa shape index (κ1) is 22.6. The number of fused-ring (bicyclic) bond motifs is 1. The van der Waals surface area contributed by atoms with E-state index in [9.17, 15) is 14.3 Å². The van der Waals surface area contributed by atoms with Crippen molar-refractivity contribution in [2.75, 3.05) is 11.4 Å². The van der Waals surface area contributed by atoms with E-state index in [2.05, 4.69) is 10.3 Å². The Morgan fingerprint density at radius 3 is 2.91 bits per heavy atom. The molecule has 7 nitrogen and oxygen atoms in total. The maximum atomic E-state index is 14.1. The average molecular weight is 470 g/mol. The Balaban J connectivity index is 1.30. The van der Waals surface area contributed by atoms with Crippen LogP contribution in [0.5, 0.6) is 5.75 Å². The molecule has 8 heteroatoms. The van der Waals surface area contributed by atoms with Crippen molar-refractivity contribution in [2.45, 2.75) is 32.0 Å². The summed E-state index contributed by atoms with van der Waals surface area (Å²) in [5.74, 6) is -0.403. The molecule has 35 heavy (non-hydrogen) atoms. The molecule has 4 aromatic rings. The third kappa shape index (κ3) is 4.22. The Bertz CT molecular complexity index is 1460. The highest BCUT2D eigenvalue weighted by atomic mass is 19.1. The van der Waals surface area contributed by atoms with Gasteiger partial charge in [-0.2, -0.15) is 5.26 Å². The van der Waals surface area contributed by atoms with Gasteiger partial charge in [-0.15, -0.1) is 0 Å². The molecule has 2 atom stereocenters. The first-order valence-corrected chi connectivity index (χ1v) is 11.4. The molecule has 1 unspecified atom stereocenters. The Hall–Kier alpha value is -4.22. The number of carbonyl (C=O) groups is 1. The van der Waals surface area contributed by atoms with Crippen molar-refractivity contribution in [3.05, 3.63) is 89.8 Å². The molecule has 1 amide bonds. The van der Waals surface area contributed by atoms with Crippen LogP contribution in [0.25, 0.3) is 10.8 Å². The number of nitrogens with one attached hydrogen (secondary N) is 1. The number of anilines is 1. The summed E-state index contributed by atoms with van der Waals surface area (Å²) in [4.78, 5) is 19.3. The molecular formula is C27H24FN5O2. The highest BCUT2D eigenvalue weighted by molar-refractivity contribution is 6.07. The predicted molar refractivity (Wildman–Crippen MR) is 130 cm³/mol. The van der Waals surface area contributed by atoms with Crippen LogP contribution in [0.2, 0.25) is 0 Å². The van der Waals surface area contributed by atoms with E-state index >= 15 is 0 Å². The number of aromatic hydroxyl groups is 1. The molecule has 0 saturated carbocycles. The standard InChI is InChI=1S/C27H24FN5O2/c1-17(19-5-6-20(13-29)24(28)11-19)33-16-30-14-21(33)15-31-25-9-10-32(27(25)35)26-4-2-3-18-7-8-22(34)12-23(18)26/h2-8,11-12,14,16-17,25,31,34H,9-10,15H2,1H3/t17-,25?/m1/s1. The van der Waals surface area contributed by atoms with E-state index in [0.717, 1.165) is 27.7 Å². The summed E-state index contributed by atoms with van der Waals surface area (Å²) >= 11 is 0. The molecule has 2 N–H and O–H groups in total. The fourth-order valence-electron chi connectivity index (χ4n) is 4.68. The molecule has 0 bridgehead atoms. The average Bonchev–Trinajstić information content (AvgIpc) is 3.48. The highest BCUT2D eigenvalue weighted by Crippen LogP contribution is 2.32. The van der Waals surface area contributed by atoms with Crippen molar-refractivity contribution in [1.29, 1.82) is 5.26 Å². The van der Waals surface area contributed by atoms with Gasteiger partial charge in [-0.3, -0.25) is 4.79 Å². The number of carbonyl (C=O) groups excluding carboxylic acids is 1. The molecule has 1 aliphatic heterocycles. The number of phenolic OH excluding ortho intramolecular Hbond substituents is 1. The normalized spacial score (nSPS) is 16.5. The zero-order valence-corrected chi connectivity index (χ0v) is 19.1. The maximum Gasteiger partial charge on any atom is 0.244 e. The van der Waals surface area contributed by atoms with Gasteiger partial charge in [0, 0.05) is 24.7 Å². The molecule has 1 saturated heterocycles. The number of amides is 1. The molecule has 2 heterocycles. The monoisotopic (exact) mass is 469 g/mol. The van der Waals surface area contributed by atoms with Crippen LogP contribution in [-0.2, 0) is 11.3 Å². The van der Waals surface area contributed by atoms with Crippen LogP contribution in [0, 0.1) is 17.1 Å². The molecule has 176 valence electrons. The second-order valence-electron chi connectivity index (χ2n) is 8.71. The summed E-state index contributed by atoms with van der Waals surface area (Å²) in [6.07, 6.45) is 4.07. The first-order valence-electron chi connectivity index (χ1n) is 11.4. The molecule has 1 aliphatic rings. The summed E-state index contributed by atoms with van der Waals surface area (Å²) < 4.78 is 16.1. The smallest absolute Gasteiger partial charge is 0.244 e. The molecule has 0 spiro atoms. The zero-order valence-electron chi connectivity index (χ0n) is 19.1. The quantitative estimate of drug-likeness (QED) is 0.440. The largest absolute Gasteiger partial charge is 0.508 e. The lowest BCUT2D eigenvalue weighted by molar-refractivity contribution is -0.118. The van der Waals surface area contributed by atoms with E-state index in [4.69, 9.17) is 5.26 Å². The lowest BCUT2D eigenvalue weighted by Crippen LogP contribution is -2.38. The molecule has 0 aliphatic carbocycles. The van der Waals surface area contributed by atoms with Crippen LogP contribution in [-0.4, -0.2) is 33.2 Å². The Morgan fingerprint density at radius 1 is 1.26 bits per heavy atom. The number of aromatic nitrogens is 2. The molecule has 1 fully saturated rings. The van der Waals surface area contributed by atoms with Gasteiger partial charge in [-0.25, -0.2) is 9.37 Å². The number of rotatable bonds is 6. The van der Waals surface area contributed by atoms with Crippen molar-refractivity contribution in [3.63, 3.8) is 0 Å². The van der Waals surface area contributed by atoms with Gasteiger partial charge in [-0.05, 0) is 54.6 Å². The van der Waals surface area contributed by atoms with Crippen molar-refractivity contribution < 1.29 is 14.3 Å². The fraction of sp³-hybridized carbons (Fsp3) is 0.222. The van der Waals surface area contributed by atoms with Crippen LogP contribution < -0.4 is 10.2 Å². The molecule has 5 rings (SSSR count). The number of hydrogen-bond acceptors (Lipinski definition) is 5. The van der Waals surface area contributed by atoms with Gasteiger partial charge in [0.1, 0.15) is 17.6 Å². The lowest BCUT2D eigenvalue weighted by atomic mass is 10.1. The second kappa shape index (κ2) is 9.20. The molecule has 0 radical (unpaired) electrons. The topological polar surface area (TPSA) is 94.2 Å². The summed E-state index contributed by atoms with van der Waals surface area (Å²) in [6, 6.07) is 16.8. The van der Waals surface area contributed by atoms with Gasteiger partial charge in [0.2, 0.25) is 5.91 Å². The van der Waals surface area contributed by atoms with Crippen molar-refractivity contribution >= 4 is 22.4 Å². The number of phenols is 1. The van der Waals surface area contributed by atoms with E-state index in [1.807, 2.05) is 41.8 Å². The Labute approximate surface area is 202 Å². The summed E-state index contributed by atoms with van der Waals surface area (Å²) in [5, 5.41) is 24.1. The summed E-state index contributed by atoms with van der Waals surface area (Å²) in [6.45, 7) is 2.93. The minimum Gasteiger partial charge on any atom is -0.508 e. The van der Waals surface area contributed by atoms with Crippen LogP contribution >= 0.6 is 0 Å². The summed E-state index contributed by atoms with van der Waals surface area (Å²) in [7, 11) is 0. The Kier molecular flexibility index (Phi) is 5.93. The van der Waals surface area contributed by atoms with Gasteiger partial charge in [0.05, 0.1) is 35.4 Å². The van der Waals surface area contributed by atoms with Crippen LogP contribution in [0.15, 0.2) is 67.1 Å². The van der Waals surface area contributed by atoms with Crippen molar-refractivity contribution in [1.82, 2.24) is 14.9 Å². The number of nitriles is 1. The third-order valence-electron chi connectivity index (χ3n) is 6.63. The van der Waals surface area contributed by atoms with Crippen LogP contribution in [0.4, 0.5) is 10.1 Å². The Morgan fingerprint density at radius 2 is 2.11 bits per heavy atom. The minimum absolute atomic E-state index is 0.0131. The van der Waals surface area contributed by atoms with E-state index in [1.54, 1.807) is 35.6 Å². The van der Waals surface area contributed by atoms with Gasteiger partial charge in [0.15, 0.2) is 0 Å². The van der Waals surface area contributed by atoms with E-state index in [0.29, 0.717) is 19.5 Å². The zero-order chi connectivity index (χ0) is 24.5. The maximum absolute atomic E-state index is 14.1. The number of halogens is 1. The highest BCUT2D eigenvalue weighted by Gasteiger charge is 2.33. The molecule has 1 aromatic heterocycles. The molecular weight excluding hydrogens is 445 g/mol. The van der Waals surface area contributed by atoms with Crippen LogP contribution in [0.1, 0.15) is 36.2 Å². The minimum atomic E-state index is -0.546. The first-order chi connectivity index (χ1) is 17.0. The molecule has 3 aromatic carbocycles. The number of benzene rings is 3. The number of nitrogens with zero attached hydrogens (tertiary/aromatic N) is 4. The summed E-state index contributed by atoms with van der Waals surface area (Å²) in [5.41, 5.74) is 2.39. The van der Waals surface area contributed by atoms with Crippen LogP contribution in [0.3, 0.4) is 0 Å². The predicted octanol–water partition coefficient (Wildman–Crippen LogP) is 4.26. The number of imidazole rings is 1. The van der Waals surface area contributed by atoms with Gasteiger partial charge < -0.3 is 19.9 Å².